The first-order chi connectivity index (χ1) is 10.8. The number of hydrogen-bond acceptors (Lipinski definition) is 2. The summed E-state index contributed by atoms with van der Waals surface area (Å²) in [6, 6.07) is 10.3. The summed E-state index contributed by atoms with van der Waals surface area (Å²) in [5, 5.41) is 3.99. The van der Waals surface area contributed by atoms with Crippen molar-refractivity contribution in [2.45, 2.75) is 57.8 Å². The van der Waals surface area contributed by atoms with Gasteiger partial charge in [-0.3, -0.25) is 0 Å². The highest BCUT2D eigenvalue weighted by Gasteiger charge is 2.13. The zero-order chi connectivity index (χ0) is 15.5. The molecule has 1 aliphatic carbocycles. The van der Waals surface area contributed by atoms with E-state index in [-0.39, 0.29) is 0 Å². The molecule has 0 aliphatic heterocycles. The highest BCUT2D eigenvalue weighted by atomic mass is 16.5. The van der Waals surface area contributed by atoms with E-state index < -0.39 is 6.09 Å². The first kappa shape index (κ1) is 16.9. The minimum atomic E-state index is -0.392. The summed E-state index contributed by atoms with van der Waals surface area (Å²) in [6.45, 7) is 1.08. The van der Waals surface area contributed by atoms with Gasteiger partial charge < -0.3 is 4.74 Å². The Hall–Kier alpha value is -1.51. The van der Waals surface area contributed by atoms with E-state index in [1.165, 1.54) is 44.1 Å². The molecule has 2 rings (SSSR count). The molecule has 0 unspecified atom stereocenters. The van der Waals surface area contributed by atoms with E-state index in [4.69, 9.17) is 4.74 Å². The molecule has 0 bridgehead atoms. The fourth-order valence-corrected chi connectivity index (χ4v) is 3.15. The normalized spacial score (nSPS) is 15.5. The average molecular weight is 302 g/mol. The average Bonchev–Trinajstić information content (AvgIpc) is 2.57. The van der Waals surface area contributed by atoms with E-state index in [1.54, 1.807) is 0 Å². The Morgan fingerprint density at radius 3 is 2.64 bits per heavy atom. The fourth-order valence-electron chi connectivity index (χ4n) is 3.15. The predicted octanol–water partition coefficient (Wildman–Crippen LogP) is 4.72. The third-order valence-corrected chi connectivity index (χ3v) is 4.41. The lowest BCUT2D eigenvalue weighted by atomic mass is 9.86. The van der Waals surface area contributed by atoms with E-state index in [1.807, 2.05) is 18.2 Å². The third-order valence-electron chi connectivity index (χ3n) is 4.41. The van der Waals surface area contributed by atoms with Gasteiger partial charge in [0.05, 0.1) is 6.61 Å². The lowest BCUT2D eigenvalue weighted by Gasteiger charge is -2.20. The maximum Gasteiger partial charge on any atom is 0.428 e. The molecule has 0 saturated heterocycles. The van der Waals surface area contributed by atoms with Crippen LogP contribution in [0.1, 0.15) is 56.9 Å². The molecule has 0 N–H and O–H groups in total. The van der Waals surface area contributed by atoms with Crippen LogP contribution in [0.25, 0.3) is 0 Å². The lowest BCUT2D eigenvalue weighted by Crippen LogP contribution is -2.19. The van der Waals surface area contributed by atoms with Crippen molar-refractivity contribution in [3.8, 4) is 0 Å². The van der Waals surface area contributed by atoms with Crippen LogP contribution in [0.15, 0.2) is 30.3 Å². The monoisotopic (exact) mass is 302 g/mol. The van der Waals surface area contributed by atoms with Crippen LogP contribution < -0.4 is 5.32 Å². The van der Waals surface area contributed by atoms with Gasteiger partial charge in [-0.05, 0) is 37.2 Å². The molecule has 0 heterocycles. The summed E-state index contributed by atoms with van der Waals surface area (Å²) < 4.78 is 5.15. The maximum atomic E-state index is 11.5. The molecule has 1 aliphatic rings. The van der Waals surface area contributed by atoms with Crippen molar-refractivity contribution in [1.29, 1.82) is 0 Å². The Bertz CT molecular complexity index is 413. The van der Waals surface area contributed by atoms with Crippen LogP contribution in [0.2, 0.25) is 0 Å². The summed E-state index contributed by atoms with van der Waals surface area (Å²) >= 11 is 0. The SMILES string of the molecule is O=C([N]CCCC1CCCCC1)OCCCc1ccccc1. The van der Waals surface area contributed by atoms with Crippen LogP contribution in [0, 0.1) is 5.92 Å². The van der Waals surface area contributed by atoms with Crippen LogP contribution in [0.3, 0.4) is 0 Å². The van der Waals surface area contributed by atoms with Gasteiger partial charge in [0.1, 0.15) is 0 Å². The number of rotatable bonds is 8. The smallest absolute Gasteiger partial charge is 0.428 e. The van der Waals surface area contributed by atoms with E-state index in [9.17, 15) is 4.79 Å². The summed E-state index contributed by atoms with van der Waals surface area (Å²) in [5.74, 6) is 0.867. The Labute approximate surface area is 134 Å². The minimum absolute atomic E-state index is 0.392. The number of hydrogen-bond donors (Lipinski definition) is 0. The van der Waals surface area contributed by atoms with Gasteiger partial charge in [0.15, 0.2) is 0 Å². The molecule has 1 aromatic rings. The zero-order valence-corrected chi connectivity index (χ0v) is 13.5. The number of carbonyl (C=O) groups is 1. The molecule has 22 heavy (non-hydrogen) atoms. The number of carbonyl (C=O) groups excluding carboxylic acids is 1. The van der Waals surface area contributed by atoms with Crippen LogP contribution in [0.5, 0.6) is 0 Å². The standard InChI is InChI=1S/C19H28NO2/c21-19(20-15-7-13-17-9-3-1-4-10-17)22-16-8-14-18-11-5-2-6-12-18/h2,5-6,11-12,17H,1,3-4,7-10,13-16H2. The molecule has 1 amide bonds. The second kappa shape index (κ2) is 10.3. The topological polar surface area (TPSA) is 40.4 Å². The Morgan fingerprint density at radius 1 is 1.09 bits per heavy atom. The molecular formula is C19H28NO2. The lowest BCUT2D eigenvalue weighted by molar-refractivity contribution is 0.143. The maximum absolute atomic E-state index is 11.5. The van der Waals surface area contributed by atoms with Crippen molar-refractivity contribution >= 4 is 6.09 Å². The summed E-state index contributed by atoms with van der Waals surface area (Å²) in [4.78, 5) is 11.5. The highest BCUT2D eigenvalue weighted by molar-refractivity contribution is 5.66. The van der Waals surface area contributed by atoms with E-state index in [0.717, 1.165) is 25.2 Å². The largest absolute Gasteiger partial charge is 0.448 e. The Balaban J connectivity index is 1.44. The predicted molar refractivity (Wildman–Crippen MR) is 88.9 cm³/mol. The van der Waals surface area contributed by atoms with Gasteiger partial charge in [-0.15, -0.1) is 0 Å². The van der Waals surface area contributed by atoms with Crippen molar-refractivity contribution in [2.75, 3.05) is 13.2 Å². The molecule has 1 fully saturated rings. The van der Waals surface area contributed by atoms with Crippen LogP contribution >= 0.6 is 0 Å². The number of ether oxygens (including phenoxy) is 1. The second-order valence-corrected chi connectivity index (χ2v) is 6.23. The molecule has 1 radical (unpaired) electrons. The van der Waals surface area contributed by atoms with Crippen LogP contribution in [-0.2, 0) is 11.2 Å². The van der Waals surface area contributed by atoms with Gasteiger partial charge in [-0.25, -0.2) is 10.1 Å². The summed E-state index contributed by atoms with van der Waals surface area (Å²) in [5.41, 5.74) is 1.28. The fraction of sp³-hybridized carbons (Fsp3) is 0.632. The van der Waals surface area contributed by atoms with Gasteiger partial charge in [0, 0.05) is 6.54 Å². The Morgan fingerprint density at radius 2 is 1.86 bits per heavy atom. The summed E-state index contributed by atoms with van der Waals surface area (Å²) in [6.07, 6.45) is 10.5. The molecule has 0 atom stereocenters. The number of amides is 1. The quantitative estimate of drug-likeness (QED) is 0.652. The molecule has 3 nitrogen and oxygen atoms in total. The summed E-state index contributed by atoms with van der Waals surface area (Å²) in [7, 11) is 0. The van der Waals surface area contributed by atoms with Crippen molar-refractivity contribution in [1.82, 2.24) is 5.32 Å². The van der Waals surface area contributed by atoms with Crippen molar-refractivity contribution in [3.05, 3.63) is 35.9 Å². The van der Waals surface area contributed by atoms with E-state index in [2.05, 4.69) is 17.4 Å². The zero-order valence-electron chi connectivity index (χ0n) is 13.5. The van der Waals surface area contributed by atoms with Crippen molar-refractivity contribution in [3.63, 3.8) is 0 Å². The second-order valence-electron chi connectivity index (χ2n) is 6.23. The van der Waals surface area contributed by atoms with Gasteiger partial charge in [-0.2, -0.15) is 0 Å². The third kappa shape index (κ3) is 6.97. The van der Waals surface area contributed by atoms with Crippen LogP contribution in [-0.4, -0.2) is 19.2 Å². The first-order valence-electron chi connectivity index (χ1n) is 8.73. The van der Waals surface area contributed by atoms with Gasteiger partial charge in [0.25, 0.3) is 0 Å². The van der Waals surface area contributed by atoms with Crippen molar-refractivity contribution in [2.24, 2.45) is 5.92 Å². The van der Waals surface area contributed by atoms with Gasteiger partial charge in [0.2, 0.25) is 0 Å². The molecule has 3 heteroatoms. The van der Waals surface area contributed by atoms with Gasteiger partial charge >= 0.3 is 6.09 Å². The molecule has 121 valence electrons. The first-order valence-corrected chi connectivity index (χ1v) is 8.73. The molecule has 0 spiro atoms. The van der Waals surface area contributed by atoms with Crippen molar-refractivity contribution < 1.29 is 9.53 Å². The van der Waals surface area contributed by atoms with E-state index >= 15 is 0 Å². The molecule has 1 saturated carbocycles. The molecular weight excluding hydrogens is 274 g/mol. The minimum Gasteiger partial charge on any atom is -0.448 e. The van der Waals surface area contributed by atoms with E-state index in [0.29, 0.717) is 13.2 Å². The highest BCUT2D eigenvalue weighted by Crippen LogP contribution is 2.26. The van der Waals surface area contributed by atoms with Crippen LogP contribution in [0.4, 0.5) is 4.79 Å². The molecule has 0 aromatic heterocycles. The Kier molecular flexibility index (Phi) is 7.86. The number of benzene rings is 1. The molecule has 1 aromatic carbocycles. The number of nitrogens with zero attached hydrogens (tertiary/aromatic N) is 1. The number of aryl methyl sites for hydroxylation is 1. The van der Waals surface area contributed by atoms with Gasteiger partial charge in [-0.1, -0.05) is 62.4 Å².